The summed E-state index contributed by atoms with van der Waals surface area (Å²) < 4.78 is 0. The Hall–Kier alpha value is -9.28. The second kappa shape index (κ2) is 17.1. The fourth-order valence-corrected chi connectivity index (χ4v) is 14.2. The highest BCUT2D eigenvalue weighted by molar-refractivity contribution is 6.16. The van der Waals surface area contributed by atoms with Crippen molar-refractivity contribution in [1.82, 2.24) is 0 Å². The van der Waals surface area contributed by atoms with Gasteiger partial charge in [0.05, 0.1) is 0 Å². The Labute approximate surface area is 461 Å². The van der Waals surface area contributed by atoms with Crippen molar-refractivity contribution in [2.75, 3.05) is 0 Å². The first-order valence-corrected chi connectivity index (χ1v) is 26.9. The molecule has 15 rings (SSSR count). The molecule has 10 aromatic rings. The molecule has 0 fully saturated rings. The van der Waals surface area contributed by atoms with Crippen LogP contribution in [-0.4, -0.2) is 23.1 Å². The zero-order valence-electron chi connectivity index (χ0n) is 44.1. The monoisotopic (exact) mass is 1040 g/mol. The van der Waals surface area contributed by atoms with Crippen molar-refractivity contribution < 1.29 is 38.7 Å². The summed E-state index contributed by atoms with van der Waals surface area (Å²) in [4.78, 5) is 91.8. The number of hydrogen-bond donors (Lipinski definition) is 0. The molecule has 8 nitrogen and oxygen atoms in total. The van der Waals surface area contributed by atoms with Crippen LogP contribution in [0.2, 0.25) is 0 Å². The third-order valence-corrected chi connectivity index (χ3v) is 17.7. The summed E-state index contributed by atoms with van der Waals surface area (Å²) in [6.07, 6.45) is 0. The average molecular weight is 1040 g/mol. The van der Waals surface area contributed by atoms with Crippen LogP contribution in [0.3, 0.4) is 0 Å². The Morgan fingerprint density at radius 1 is 0.212 bits per heavy atom. The van der Waals surface area contributed by atoms with Gasteiger partial charge in [-0.3, -0.25) is 19.2 Å². The summed E-state index contributed by atoms with van der Waals surface area (Å²) in [7, 11) is 0. The lowest BCUT2D eigenvalue weighted by molar-refractivity contribution is -0.391. The SMILES string of the molecule is Cc1cc(C)c2cc1C1(OOC3(c4cc(c(C)cc4C)C4(OOC25c2ccccc2C(=O)c2ccccc25)c2ccccc2C(=O)c2ccccc24)c2ccccc2C(=O)c2ccccc23)c2ccccc2C(=O)c2ccccc21. The topological polar surface area (TPSA) is 105 Å². The molecule has 0 amide bonds. The van der Waals surface area contributed by atoms with E-state index in [2.05, 4.69) is 24.3 Å². The molecule has 0 aromatic heterocycles. The van der Waals surface area contributed by atoms with Crippen LogP contribution in [0, 0.1) is 27.7 Å². The van der Waals surface area contributed by atoms with Gasteiger partial charge in [0, 0.05) is 89.0 Å². The van der Waals surface area contributed by atoms with Gasteiger partial charge < -0.3 is 0 Å². The molecule has 384 valence electrons. The van der Waals surface area contributed by atoms with Gasteiger partial charge in [-0.05, 0) is 84.3 Å². The van der Waals surface area contributed by atoms with Gasteiger partial charge in [-0.25, -0.2) is 19.6 Å². The van der Waals surface area contributed by atoms with Crippen molar-refractivity contribution in [2.24, 2.45) is 0 Å². The number of benzene rings is 10. The number of carbonyl (C=O) groups excluding carboxylic acids is 4. The Kier molecular flexibility index (Phi) is 10.2. The van der Waals surface area contributed by atoms with E-state index in [9.17, 15) is 0 Å². The molecule has 1 heterocycles. The van der Waals surface area contributed by atoms with Crippen LogP contribution >= 0.6 is 0 Å². The fraction of sp³-hybridized carbons (Fsp3) is 0.111. The molecule has 0 atom stereocenters. The zero-order chi connectivity index (χ0) is 54.5. The summed E-state index contributed by atoms with van der Waals surface area (Å²) in [6.45, 7) is 8.10. The molecule has 0 N–H and O–H groups in total. The third kappa shape index (κ3) is 6.02. The molecule has 0 radical (unpaired) electrons. The number of hydrogen-bond acceptors (Lipinski definition) is 8. The van der Waals surface area contributed by atoms with Crippen molar-refractivity contribution in [2.45, 2.75) is 50.1 Å². The summed E-state index contributed by atoms with van der Waals surface area (Å²) in [6, 6.07) is 68.3. The fourth-order valence-electron chi connectivity index (χ4n) is 14.2. The molecule has 4 bridgehead atoms. The molecular weight excluding hydrogens is 993 g/mol. The van der Waals surface area contributed by atoms with Gasteiger partial charge >= 0.3 is 0 Å². The predicted octanol–water partition coefficient (Wildman–Crippen LogP) is 13.9. The lowest BCUT2D eigenvalue weighted by atomic mass is 9.66. The van der Waals surface area contributed by atoms with Gasteiger partial charge in [0.2, 0.25) is 0 Å². The maximum Gasteiger partial charge on any atom is 0.193 e. The number of rotatable bonds is 0. The van der Waals surface area contributed by atoms with Crippen LogP contribution in [0.15, 0.2) is 218 Å². The van der Waals surface area contributed by atoms with Crippen molar-refractivity contribution in [1.29, 1.82) is 0 Å². The smallest absolute Gasteiger partial charge is 0.193 e. The predicted molar refractivity (Wildman–Crippen MR) is 301 cm³/mol. The maximum absolute atomic E-state index is 15.1. The van der Waals surface area contributed by atoms with Crippen molar-refractivity contribution >= 4 is 23.1 Å². The van der Waals surface area contributed by atoms with E-state index in [1.807, 2.05) is 222 Å². The van der Waals surface area contributed by atoms with Crippen molar-refractivity contribution in [3.8, 4) is 0 Å². The highest BCUT2D eigenvalue weighted by Gasteiger charge is 2.58. The number of ketones is 4. The number of fused-ring (bicyclic) bond motifs is 24. The molecule has 1 aliphatic heterocycles. The van der Waals surface area contributed by atoms with E-state index in [1.165, 1.54) is 0 Å². The lowest BCUT2D eigenvalue weighted by Crippen LogP contribution is -2.48. The Bertz CT molecular complexity index is 3670. The largest absolute Gasteiger partial charge is 0.289 e. The van der Waals surface area contributed by atoms with Gasteiger partial charge in [-0.2, -0.15) is 0 Å². The third-order valence-electron chi connectivity index (χ3n) is 17.7. The summed E-state index contributed by atoms with van der Waals surface area (Å²) in [5.41, 5.74) is 6.19. The molecule has 10 aromatic carbocycles. The second-order valence-corrected chi connectivity index (χ2v) is 21.7. The maximum atomic E-state index is 15.1. The van der Waals surface area contributed by atoms with Crippen LogP contribution in [-0.2, 0) is 42.0 Å². The van der Waals surface area contributed by atoms with Gasteiger partial charge in [-0.15, -0.1) is 0 Å². The number of carbonyl (C=O) groups is 4. The van der Waals surface area contributed by atoms with E-state index in [0.717, 1.165) is 22.3 Å². The summed E-state index contributed by atoms with van der Waals surface area (Å²) in [5.74, 6) is -0.718. The summed E-state index contributed by atoms with van der Waals surface area (Å²) >= 11 is 0. The van der Waals surface area contributed by atoms with E-state index >= 15 is 19.2 Å². The van der Waals surface area contributed by atoms with E-state index in [1.54, 1.807) is 0 Å². The molecule has 4 aliphatic carbocycles. The van der Waals surface area contributed by atoms with E-state index < -0.39 is 22.4 Å². The molecule has 0 saturated carbocycles. The molecule has 5 aliphatic rings. The van der Waals surface area contributed by atoms with Crippen molar-refractivity contribution in [3.05, 3.63) is 352 Å². The lowest BCUT2D eigenvalue weighted by Gasteiger charge is -2.48. The molecule has 80 heavy (non-hydrogen) atoms. The Morgan fingerprint density at radius 3 is 0.525 bits per heavy atom. The minimum Gasteiger partial charge on any atom is -0.289 e. The van der Waals surface area contributed by atoms with Crippen LogP contribution in [0.1, 0.15) is 153 Å². The normalized spacial score (nSPS) is 17.1. The minimum absolute atomic E-state index is 0.179. The first kappa shape index (κ1) is 47.9. The molecular formula is C72H48O8. The van der Waals surface area contributed by atoms with Crippen LogP contribution in [0.4, 0.5) is 0 Å². The van der Waals surface area contributed by atoms with Gasteiger partial charge in [0.1, 0.15) is 0 Å². The highest BCUT2D eigenvalue weighted by Crippen LogP contribution is 2.59. The van der Waals surface area contributed by atoms with E-state index in [0.29, 0.717) is 111 Å². The first-order valence-electron chi connectivity index (χ1n) is 26.9. The average Bonchev–Trinajstić information content (AvgIpc) is 3.66. The van der Waals surface area contributed by atoms with Crippen molar-refractivity contribution in [3.63, 3.8) is 0 Å². The Balaban J connectivity index is 1.17. The van der Waals surface area contributed by atoms with Crippen LogP contribution < -0.4 is 0 Å². The molecule has 0 saturated heterocycles. The molecule has 0 unspecified atom stereocenters. The highest BCUT2D eigenvalue weighted by atomic mass is 17.2. The van der Waals surface area contributed by atoms with Crippen LogP contribution in [0.5, 0.6) is 0 Å². The van der Waals surface area contributed by atoms with Crippen LogP contribution in [0.25, 0.3) is 0 Å². The van der Waals surface area contributed by atoms with Gasteiger partial charge in [0.15, 0.2) is 45.5 Å². The molecule has 8 heteroatoms. The molecule has 4 spiro atoms. The number of aryl methyl sites for hydroxylation is 4. The van der Waals surface area contributed by atoms with E-state index in [4.69, 9.17) is 19.6 Å². The van der Waals surface area contributed by atoms with Gasteiger partial charge in [0.25, 0.3) is 0 Å². The minimum atomic E-state index is -1.74. The Morgan fingerprint density at radius 2 is 0.362 bits per heavy atom. The summed E-state index contributed by atoms with van der Waals surface area (Å²) in [5, 5.41) is 0. The quantitative estimate of drug-likeness (QED) is 0.138. The first-order chi connectivity index (χ1) is 39.0. The standard InChI is InChI=1S/C72H48O8/c1-41-37-42(2)62-39-61(41)69(53-29-13-5-21-45(53)65(73)46-22-6-14-30-54(46)69)77-78-71(57-33-17-9-25-49(57)67(75)50-26-10-18-34-58(50)71)63-40-64(44(4)38-43(63)3)72(59-35-19-11-27-51(59)68(76)52-28-12-20-36-60(52)72)80-79-70(62)55-31-15-7-23-47(55)66(74)48-24-8-16-32-56(48)70/h5-40H,1-4H3. The van der Waals surface area contributed by atoms with Gasteiger partial charge in [-0.1, -0.05) is 206 Å². The zero-order valence-corrected chi connectivity index (χ0v) is 44.1. The second-order valence-electron chi connectivity index (χ2n) is 21.7. The van der Waals surface area contributed by atoms with E-state index in [-0.39, 0.29) is 23.1 Å².